The Morgan fingerprint density at radius 1 is 1.40 bits per heavy atom. The predicted molar refractivity (Wildman–Crippen MR) is 58.7 cm³/mol. The molecule has 1 saturated heterocycles. The first-order valence-corrected chi connectivity index (χ1v) is 5.60. The third-order valence-corrected chi connectivity index (χ3v) is 3.45. The normalized spacial score (nSPS) is 24.6. The second-order valence-electron chi connectivity index (χ2n) is 4.36. The van der Waals surface area contributed by atoms with Gasteiger partial charge in [-0.05, 0) is 37.1 Å². The van der Waals surface area contributed by atoms with Crippen LogP contribution in [0.4, 0.5) is 10.1 Å². The highest BCUT2D eigenvalue weighted by atomic mass is 19.1. The van der Waals surface area contributed by atoms with Crippen molar-refractivity contribution in [3.63, 3.8) is 0 Å². The highest BCUT2D eigenvalue weighted by Crippen LogP contribution is 2.31. The number of benzene rings is 1. The molecule has 1 unspecified atom stereocenters. The Labute approximate surface area is 89.1 Å². The van der Waals surface area contributed by atoms with E-state index in [-0.39, 0.29) is 5.82 Å². The lowest BCUT2D eigenvalue weighted by Crippen LogP contribution is -2.35. The van der Waals surface area contributed by atoms with Gasteiger partial charge in [0.1, 0.15) is 5.82 Å². The van der Waals surface area contributed by atoms with Gasteiger partial charge in [-0.25, -0.2) is 4.39 Å². The van der Waals surface area contributed by atoms with Gasteiger partial charge < -0.3 is 10.2 Å². The Hall–Kier alpha value is -1.09. The van der Waals surface area contributed by atoms with Crippen LogP contribution < -0.4 is 10.2 Å². The Morgan fingerprint density at radius 2 is 2.33 bits per heavy atom. The van der Waals surface area contributed by atoms with Crippen molar-refractivity contribution < 1.29 is 4.39 Å². The summed E-state index contributed by atoms with van der Waals surface area (Å²) in [4.78, 5) is 2.36. The van der Waals surface area contributed by atoms with Crippen LogP contribution in [0, 0.1) is 5.82 Å². The van der Waals surface area contributed by atoms with Gasteiger partial charge in [0.05, 0.1) is 0 Å². The molecule has 2 aliphatic rings. The number of anilines is 1. The standard InChI is InChI=1S/C12H15FN2/c13-10-2-1-9-4-6-15(12(9)7-10)11-3-5-14-8-11/h1-2,7,11,14H,3-6,8H2. The molecule has 0 spiro atoms. The molecule has 0 radical (unpaired) electrons. The van der Waals surface area contributed by atoms with Gasteiger partial charge in [-0.15, -0.1) is 0 Å². The molecule has 0 bridgehead atoms. The van der Waals surface area contributed by atoms with E-state index in [4.69, 9.17) is 0 Å². The molecule has 2 aliphatic heterocycles. The lowest BCUT2D eigenvalue weighted by Gasteiger charge is -2.26. The van der Waals surface area contributed by atoms with Crippen molar-refractivity contribution in [2.45, 2.75) is 18.9 Å². The van der Waals surface area contributed by atoms with Crippen LogP contribution in [0.2, 0.25) is 0 Å². The van der Waals surface area contributed by atoms with Crippen LogP contribution >= 0.6 is 0 Å². The van der Waals surface area contributed by atoms with Gasteiger partial charge in [-0.1, -0.05) is 6.07 Å². The Bertz CT molecular complexity index is 372. The number of rotatable bonds is 1. The molecule has 1 atom stereocenters. The summed E-state index contributed by atoms with van der Waals surface area (Å²) < 4.78 is 13.2. The van der Waals surface area contributed by atoms with Gasteiger partial charge in [-0.2, -0.15) is 0 Å². The first kappa shape index (κ1) is 9.16. The number of nitrogens with one attached hydrogen (secondary N) is 1. The van der Waals surface area contributed by atoms with Crippen LogP contribution in [0.3, 0.4) is 0 Å². The lowest BCUT2D eigenvalue weighted by molar-refractivity contribution is 0.622. The molecule has 0 aliphatic carbocycles. The van der Waals surface area contributed by atoms with Gasteiger partial charge in [0.15, 0.2) is 0 Å². The second-order valence-corrected chi connectivity index (χ2v) is 4.36. The van der Waals surface area contributed by atoms with E-state index in [9.17, 15) is 4.39 Å². The third kappa shape index (κ3) is 1.51. The first-order chi connectivity index (χ1) is 7.34. The van der Waals surface area contributed by atoms with Gasteiger partial charge in [0.25, 0.3) is 0 Å². The maximum atomic E-state index is 13.2. The monoisotopic (exact) mass is 206 g/mol. The molecule has 3 rings (SSSR count). The van der Waals surface area contributed by atoms with Crippen molar-refractivity contribution in [1.29, 1.82) is 0 Å². The van der Waals surface area contributed by atoms with E-state index in [1.54, 1.807) is 12.1 Å². The van der Waals surface area contributed by atoms with E-state index in [1.807, 2.05) is 6.07 Å². The molecule has 1 fully saturated rings. The summed E-state index contributed by atoms with van der Waals surface area (Å²) in [6.07, 6.45) is 2.24. The molecule has 15 heavy (non-hydrogen) atoms. The van der Waals surface area contributed by atoms with Crippen LogP contribution in [0.1, 0.15) is 12.0 Å². The van der Waals surface area contributed by atoms with E-state index >= 15 is 0 Å². The minimum absolute atomic E-state index is 0.119. The number of hydrogen-bond acceptors (Lipinski definition) is 2. The van der Waals surface area contributed by atoms with Crippen molar-refractivity contribution in [2.75, 3.05) is 24.5 Å². The fourth-order valence-electron chi connectivity index (χ4n) is 2.66. The summed E-state index contributed by atoms with van der Waals surface area (Å²) in [5, 5.41) is 3.36. The number of fused-ring (bicyclic) bond motifs is 1. The highest BCUT2D eigenvalue weighted by Gasteiger charge is 2.28. The molecule has 1 N–H and O–H groups in total. The number of halogens is 1. The quantitative estimate of drug-likeness (QED) is 0.750. The molecule has 0 saturated carbocycles. The zero-order valence-corrected chi connectivity index (χ0v) is 8.67. The Morgan fingerprint density at radius 3 is 3.13 bits per heavy atom. The van der Waals surface area contributed by atoms with Crippen molar-refractivity contribution in [3.8, 4) is 0 Å². The van der Waals surface area contributed by atoms with E-state index in [2.05, 4.69) is 10.2 Å². The van der Waals surface area contributed by atoms with Crippen LogP contribution in [-0.4, -0.2) is 25.7 Å². The van der Waals surface area contributed by atoms with Gasteiger partial charge in [0, 0.05) is 24.8 Å². The smallest absolute Gasteiger partial charge is 0.125 e. The average molecular weight is 206 g/mol. The Kier molecular flexibility index (Phi) is 2.13. The average Bonchev–Trinajstić information content (AvgIpc) is 2.83. The molecule has 2 heterocycles. The molecule has 80 valence electrons. The lowest BCUT2D eigenvalue weighted by atomic mass is 10.1. The summed E-state index contributed by atoms with van der Waals surface area (Å²) in [5.74, 6) is -0.119. The molecule has 0 amide bonds. The molecule has 1 aromatic rings. The van der Waals surface area contributed by atoms with E-state index < -0.39 is 0 Å². The fourth-order valence-corrected chi connectivity index (χ4v) is 2.66. The largest absolute Gasteiger partial charge is 0.367 e. The summed E-state index contributed by atoms with van der Waals surface area (Å²) in [5.41, 5.74) is 2.41. The number of nitrogens with zero attached hydrogens (tertiary/aromatic N) is 1. The van der Waals surface area contributed by atoms with Crippen LogP contribution in [0.15, 0.2) is 18.2 Å². The van der Waals surface area contributed by atoms with Crippen LogP contribution in [0.5, 0.6) is 0 Å². The molecular weight excluding hydrogens is 191 g/mol. The minimum atomic E-state index is -0.119. The van der Waals surface area contributed by atoms with Crippen molar-refractivity contribution in [2.24, 2.45) is 0 Å². The zero-order chi connectivity index (χ0) is 10.3. The van der Waals surface area contributed by atoms with Crippen LogP contribution in [0.25, 0.3) is 0 Å². The topological polar surface area (TPSA) is 15.3 Å². The summed E-state index contributed by atoms with van der Waals surface area (Å²) in [7, 11) is 0. The molecular formula is C12H15FN2. The summed E-state index contributed by atoms with van der Waals surface area (Å²) >= 11 is 0. The molecule has 1 aromatic carbocycles. The Balaban J connectivity index is 1.92. The SMILES string of the molecule is Fc1ccc2c(c1)N(C1CCNC1)CC2. The second kappa shape index (κ2) is 3.49. The van der Waals surface area contributed by atoms with Crippen LogP contribution in [-0.2, 0) is 6.42 Å². The molecule has 2 nitrogen and oxygen atoms in total. The molecule has 3 heteroatoms. The summed E-state index contributed by atoms with van der Waals surface area (Å²) in [6.45, 7) is 3.17. The first-order valence-electron chi connectivity index (χ1n) is 5.60. The van der Waals surface area contributed by atoms with Crippen molar-refractivity contribution >= 4 is 5.69 Å². The predicted octanol–water partition coefficient (Wildman–Crippen LogP) is 1.55. The van der Waals surface area contributed by atoms with E-state index in [0.29, 0.717) is 6.04 Å². The summed E-state index contributed by atoms with van der Waals surface area (Å²) in [6, 6.07) is 5.73. The van der Waals surface area contributed by atoms with Crippen molar-refractivity contribution in [1.82, 2.24) is 5.32 Å². The van der Waals surface area contributed by atoms with E-state index in [0.717, 1.165) is 31.7 Å². The zero-order valence-electron chi connectivity index (χ0n) is 8.67. The van der Waals surface area contributed by atoms with Gasteiger partial charge in [-0.3, -0.25) is 0 Å². The maximum Gasteiger partial charge on any atom is 0.125 e. The van der Waals surface area contributed by atoms with Gasteiger partial charge in [0.2, 0.25) is 0 Å². The van der Waals surface area contributed by atoms with E-state index in [1.165, 1.54) is 12.0 Å². The van der Waals surface area contributed by atoms with Crippen molar-refractivity contribution in [3.05, 3.63) is 29.6 Å². The minimum Gasteiger partial charge on any atom is -0.367 e. The maximum absolute atomic E-state index is 13.2. The third-order valence-electron chi connectivity index (χ3n) is 3.45. The molecule has 0 aromatic heterocycles. The van der Waals surface area contributed by atoms with Gasteiger partial charge >= 0.3 is 0 Å². The fraction of sp³-hybridized carbons (Fsp3) is 0.500. The highest BCUT2D eigenvalue weighted by molar-refractivity contribution is 5.59. The number of hydrogen-bond donors (Lipinski definition) is 1.